The van der Waals surface area contributed by atoms with Crippen molar-refractivity contribution in [3.8, 4) is 11.3 Å². The Balaban J connectivity index is 1.12. The summed E-state index contributed by atoms with van der Waals surface area (Å²) < 4.78 is 64.9. The van der Waals surface area contributed by atoms with Gasteiger partial charge in [0.05, 0.1) is 49.9 Å². The smallest absolute Gasteiger partial charge is 0.338 e. The third kappa shape index (κ3) is 9.28. The van der Waals surface area contributed by atoms with E-state index < -0.39 is 15.8 Å². The number of carbonyl (C=O) groups excluding carboxylic acids is 2. The molecular formula is C36H41FN2O8S. The molecule has 48 heavy (non-hydrogen) atoms. The Morgan fingerprint density at radius 2 is 1.69 bits per heavy atom. The molecule has 4 aromatic rings. The Bertz CT molecular complexity index is 1820. The highest BCUT2D eigenvalue weighted by Gasteiger charge is 2.31. The lowest BCUT2D eigenvalue weighted by Crippen LogP contribution is -2.29. The van der Waals surface area contributed by atoms with Gasteiger partial charge in [-0.2, -0.15) is 0 Å². The van der Waals surface area contributed by atoms with E-state index in [2.05, 4.69) is 10.0 Å². The second-order valence-corrected chi connectivity index (χ2v) is 13.5. The number of ether oxygens (including phenoxy) is 3. The molecule has 1 aliphatic rings. The van der Waals surface area contributed by atoms with Crippen molar-refractivity contribution in [2.45, 2.75) is 50.9 Å². The average Bonchev–Trinajstić information content (AvgIpc) is 3.86. The van der Waals surface area contributed by atoms with E-state index in [9.17, 15) is 22.4 Å². The van der Waals surface area contributed by atoms with Crippen molar-refractivity contribution < 1.29 is 41.0 Å². The Morgan fingerprint density at radius 1 is 0.958 bits per heavy atom. The molecule has 1 saturated carbocycles. The van der Waals surface area contributed by atoms with Gasteiger partial charge in [-0.05, 0) is 90.4 Å². The van der Waals surface area contributed by atoms with E-state index in [1.807, 2.05) is 25.1 Å². The number of amides is 1. The summed E-state index contributed by atoms with van der Waals surface area (Å²) in [7, 11) is -2.19. The van der Waals surface area contributed by atoms with Crippen LogP contribution in [-0.2, 0) is 36.6 Å². The minimum Gasteiger partial charge on any atom is -0.462 e. The molecule has 0 aliphatic heterocycles. The summed E-state index contributed by atoms with van der Waals surface area (Å²) in [4.78, 5) is 25.0. The van der Waals surface area contributed by atoms with Crippen molar-refractivity contribution in [3.63, 3.8) is 0 Å². The molecule has 12 heteroatoms. The number of rotatable bonds is 18. The SMILES string of the molecule is CCCCOC(=O)c1ccc(COCCOCCNS(=O)(=O)Cc2cc3oc(-c4ccc(F)cc4)c(C(=O)NC)c3cc2C2CC2)cc1. The highest BCUT2D eigenvalue weighted by atomic mass is 32.2. The number of halogens is 1. The third-order valence-electron chi connectivity index (χ3n) is 8.00. The van der Waals surface area contributed by atoms with Crippen LogP contribution in [0, 0.1) is 5.82 Å². The van der Waals surface area contributed by atoms with Crippen LogP contribution in [0.3, 0.4) is 0 Å². The molecule has 2 N–H and O–H groups in total. The van der Waals surface area contributed by atoms with Gasteiger partial charge in [-0.1, -0.05) is 25.5 Å². The fraction of sp³-hybridized carbons (Fsp3) is 0.389. The predicted molar refractivity (Wildman–Crippen MR) is 180 cm³/mol. The van der Waals surface area contributed by atoms with Crippen LogP contribution < -0.4 is 10.0 Å². The Kier molecular flexibility index (Phi) is 12.0. The zero-order valence-corrected chi connectivity index (χ0v) is 28.0. The van der Waals surface area contributed by atoms with Crippen LogP contribution >= 0.6 is 0 Å². The number of fused-ring (bicyclic) bond motifs is 1. The third-order valence-corrected chi connectivity index (χ3v) is 9.34. The number of hydrogen-bond acceptors (Lipinski definition) is 8. The normalized spacial score (nSPS) is 13.1. The first-order valence-corrected chi connectivity index (χ1v) is 17.8. The van der Waals surface area contributed by atoms with Crippen molar-refractivity contribution in [1.82, 2.24) is 10.0 Å². The summed E-state index contributed by atoms with van der Waals surface area (Å²) in [5, 5.41) is 3.23. The zero-order chi connectivity index (χ0) is 34.1. The number of hydrogen-bond donors (Lipinski definition) is 2. The van der Waals surface area contributed by atoms with E-state index in [4.69, 9.17) is 18.6 Å². The molecule has 1 aliphatic carbocycles. The van der Waals surface area contributed by atoms with Gasteiger partial charge in [0.25, 0.3) is 5.91 Å². The van der Waals surface area contributed by atoms with Gasteiger partial charge in [0.1, 0.15) is 17.2 Å². The minimum atomic E-state index is -3.72. The van der Waals surface area contributed by atoms with E-state index >= 15 is 0 Å². The largest absolute Gasteiger partial charge is 0.462 e. The number of sulfonamides is 1. The summed E-state index contributed by atoms with van der Waals surface area (Å²) in [6.45, 7) is 3.66. The number of esters is 1. The second-order valence-electron chi connectivity index (χ2n) is 11.7. The maximum atomic E-state index is 13.6. The van der Waals surface area contributed by atoms with Crippen LogP contribution in [0.5, 0.6) is 0 Å². The van der Waals surface area contributed by atoms with Gasteiger partial charge >= 0.3 is 5.97 Å². The first kappa shape index (κ1) is 35.2. The molecule has 1 heterocycles. The molecule has 0 bridgehead atoms. The van der Waals surface area contributed by atoms with Crippen LogP contribution in [-0.4, -0.2) is 60.3 Å². The lowest BCUT2D eigenvalue weighted by Gasteiger charge is -2.12. The molecule has 0 atom stereocenters. The fourth-order valence-corrected chi connectivity index (χ4v) is 6.48. The monoisotopic (exact) mass is 680 g/mol. The molecule has 0 unspecified atom stereocenters. The Hall–Kier alpha value is -4.10. The molecular weight excluding hydrogens is 639 g/mol. The maximum absolute atomic E-state index is 13.6. The van der Waals surface area contributed by atoms with E-state index in [0.29, 0.717) is 58.8 Å². The van der Waals surface area contributed by atoms with Gasteiger partial charge in [0.2, 0.25) is 10.0 Å². The minimum absolute atomic E-state index is 0.0927. The molecule has 0 saturated heterocycles. The Morgan fingerprint density at radius 3 is 2.38 bits per heavy atom. The molecule has 10 nitrogen and oxygen atoms in total. The van der Waals surface area contributed by atoms with Crippen LogP contribution in [0.4, 0.5) is 4.39 Å². The number of nitrogens with one attached hydrogen (secondary N) is 2. The molecule has 256 valence electrons. The highest BCUT2D eigenvalue weighted by molar-refractivity contribution is 7.88. The average molecular weight is 681 g/mol. The second kappa shape index (κ2) is 16.3. The lowest BCUT2D eigenvalue weighted by molar-refractivity contribution is 0.0426. The van der Waals surface area contributed by atoms with Gasteiger partial charge in [0, 0.05) is 24.5 Å². The van der Waals surface area contributed by atoms with Gasteiger partial charge < -0.3 is 23.9 Å². The lowest BCUT2D eigenvalue weighted by atomic mass is 9.98. The summed E-state index contributed by atoms with van der Waals surface area (Å²) in [5.41, 5.74) is 4.13. The van der Waals surface area contributed by atoms with Crippen molar-refractivity contribution in [1.29, 1.82) is 0 Å². The van der Waals surface area contributed by atoms with Crippen molar-refractivity contribution >= 4 is 32.9 Å². The van der Waals surface area contributed by atoms with Crippen molar-refractivity contribution in [2.24, 2.45) is 0 Å². The quantitative estimate of drug-likeness (QED) is 0.0954. The summed E-state index contributed by atoms with van der Waals surface area (Å²) in [5.74, 6) is -0.854. The van der Waals surface area contributed by atoms with E-state index in [0.717, 1.165) is 36.8 Å². The van der Waals surface area contributed by atoms with E-state index in [1.54, 1.807) is 30.3 Å². The van der Waals surface area contributed by atoms with Gasteiger partial charge in [-0.3, -0.25) is 4.79 Å². The summed E-state index contributed by atoms with van der Waals surface area (Å²) >= 11 is 0. The maximum Gasteiger partial charge on any atom is 0.338 e. The first-order valence-electron chi connectivity index (χ1n) is 16.1. The van der Waals surface area contributed by atoms with Crippen molar-refractivity contribution in [3.05, 3.63) is 94.3 Å². The van der Waals surface area contributed by atoms with Crippen LogP contribution in [0.15, 0.2) is 65.1 Å². The number of benzene rings is 3. The number of unbranched alkanes of at least 4 members (excludes halogenated alkanes) is 1. The molecule has 1 amide bonds. The van der Waals surface area contributed by atoms with Crippen LogP contribution in [0.2, 0.25) is 0 Å². The van der Waals surface area contributed by atoms with E-state index in [1.165, 1.54) is 19.2 Å². The number of carbonyl (C=O) groups is 2. The van der Waals surface area contributed by atoms with Gasteiger partial charge in [-0.15, -0.1) is 0 Å². The fourth-order valence-electron chi connectivity index (χ4n) is 5.32. The molecule has 0 spiro atoms. The summed E-state index contributed by atoms with van der Waals surface area (Å²) in [6.07, 6.45) is 3.65. The molecule has 5 rings (SSSR count). The number of furan rings is 1. The molecule has 0 radical (unpaired) electrons. The molecule has 1 fully saturated rings. The first-order chi connectivity index (χ1) is 23.2. The topological polar surface area (TPSA) is 133 Å². The predicted octanol–water partition coefficient (Wildman–Crippen LogP) is 6.09. The standard InChI is InChI=1S/C36H41FN2O8S/c1-3-4-16-46-36(41)27-7-5-24(6-8-27)22-45-19-18-44-17-15-39-48(42,43)23-28-20-32-31(21-30(28)25-9-10-25)33(35(40)38-2)34(47-32)26-11-13-29(37)14-12-26/h5-8,11-14,20-21,25,39H,3-4,9-10,15-19,22-23H2,1-2H3,(H,38,40). The molecule has 1 aromatic heterocycles. The van der Waals surface area contributed by atoms with E-state index in [-0.39, 0.29) is 43.3 Å². The highest BCUT2D eigenvalue weighted by Crippen LogP contribution is 2.45. The Labute approximate surface area is 280 Å². The van der Waals surface area contributed by atoms with Crippen LogP contribution in [0.25, 0.3) is 22.3 Å². The van der Waals surface area contributed by atoms with Crippen molar-refractivity contribution in [2.75, 3.05) is 40.0 Å². The zero-order valence-electron chi connectivity index (χ0n) is 27.2. The van der Waals surface area contributed by atoms with Gasteiger partial charge in [-0.25, -0.2) is 22.3 Å². The summed E-state index contributed by atoms with van der Waals surface area (Å²) in [6, 6.07) is 16.3. The molecule has 3 aromatic carbocycles. The van der Waals surface area contributed by atoms with Crippen LogP contribution in [0.1, 0.15) is 75.9 Å². The van der Waals surface area contributed by atoms with Gasteiger partial charge in [0.15, 0.2) is 0 Å².